The van der Waals surface area contributed by atoms with E-state index in [1.165, 1.54) is 0 Å². The van der Waals surface area contributed by atoms with E-state index in [0.717, 1.165) is 0 Å². The molecule has 0 aliphatic heterocycles. The second-order valence-corrected chi connectivity index (χ2v) is 2.70. The number of nitrogens with one attached hydrogen (secondary N) is 1. The maximum atomic E-state index is 11.5. The van der Waals surface area contributed by atoms with Gasteiger partial charge in [0.1, 0.15) is 0 Å². The van der Waals surface area contributed by atoms with E-state index in [4.69, 9.17) is 11.6 Å². The minimum atomic E-state index is -1.35. The molecule has 6 nitrogen and oxygen atoms in total. The summed E-state index contributed by atoms with van der Waals surface area (Å²) in [6.07, 6.45) is -2.30. The van der Waals surface area contributed by atoms with Crippen molar-refractivity contribution < 1.29 is 14.3 Å². The maximum absolute atomic E-state index is 11.5. The van der Waals surface area contributed by atoms with Crippen LogP contribution in [0.15, 0.2) is 30.3 Å². The number of carbonyl (C=O) groups excluding carboxylic acids is 2. The molecular formula is C9H11N3O3. The molecule has 1 aromatic rings. The lowest BCUT2D eigenvalue weighted by molar-refractivity contribution is 0.0645. The third-order valence-electron chi connectivity index (χ3n) is 1.67. The van der Waals surface area contributed by atoms with Crippen molar-refractivity contribution in [2.45, 2.75) is 6.23 Å². The molecule has 0 bridgehead atoms. The second kappa shape index (κ2) is 5.08. The number of benzene rings is 1. The Balaban J connectivity index is 2.65. The molecule has 15 heavy (non-hydrogen) atoms. The van der Waals surface area contributed by atoms with Crippen LogP contribution in [-0.4, -0.2) is 18.1 Å². The monoisotopic (exact) mass is 209 g/mol. The van der Waals surface area contributed by atoms with E-state index < -0.39 is 18.1 Å². The van der Waals surface area contributed by atoms with Crippen molar-refractivity contribution in [2.75, 3.05) is 0 Å². The number of ether oxygens (including phenoxy) is 1. The molecule has 1 aromatic carbocycles. The van der Waals surface area contributed by atoms with E-state index in [0.29, 0.717) is 5.56 Å². The van der Waals surface area contributed by atoms with Crippen molar-refractivity contribution in [1.29, 1.82) is 0 Å². The Labute approximate surface area is 86.2 Å². The van der Waals surface area contributed by atoms with Gasteiger partial charge in [0.05, 0.1) is 0 Å². The van der Waals surface area contributed by atoms with E-state index in [9.17, 15) is 9.59 Å². The molecule has 0 aliphatic rings. The topological polar surface area (TPSA) is 107 Å². The van der Waals surface area contributed by atoms with Gasteiger partial charge >= 0.3 is 6.09 Å². The Morgan fingerprint density at radius 2 is 1.87 bits per heavy atom. The fourth-order valence-corrected chi connectivity index (χ4v) is 0.970. The summed E-state index contributed by atoms with van der Waals surface area (Å²) in [5.41, 5.74) is 7.42. The van der Waals surface area contributed by atoms with Crippen molar-refractivity contribution >= 4 is 11.9 Å². The number of carbonyl (C=O) groups is 2. The van der Waals surface area contributed by atoms with Gasteiger partial charge in [-0.25, -0.2) is 10.6 Å². The molecule has 0 saturated carbocycles. The van der Waals surface area contributed by atoms with Crippen molar-refractivity contribution in [3.63, 3.8) is 0 Å². The molecule has 0 saturated heterocycles. The van der Waals surface area contributed by atoms with Gasteiger partial charge in [0, 0.05) is 5.56 Å². The predicted molar refractivity (Wildman–Crippen MR) is 52.6 cm³/mol. The number of rotatable bonds is 3. The first kappa shape index (κ1) is 11.2. The van der Waals surface area contributed by atoms with Crippen molar-refractivity contribution in [3.05, 3.63) is 35.9 Å². The molecule has 0 fully saturated rings. The fourth-order valence-electron chi connectivity index (χ4n) is 0.970. The molecule has 0 spiro atoms. The maximum Gasteiger partial charge on any atom is 0.423 e. The molecule has 6 heteroatoms. The number of ketones is 1. The number of hydrogen-bond donors (Lipinski definition) is 3. The molecule has 1 unspecified atom stereocenters. The van der Waals surface area contributed by atoms with E-state index in [1.807, 2.05) is 0 Å². The normalized spacial score (nSPS) is 11.6. The summed E-state index contributed by atoms with van der Waals surface area (Å²) in [7, 11) is 0. The van der Waals surface area contributed by atoms with Gasteiger partial charge in [-0.15, -0.1) is 0 Å². The smallest absolute Gasteiger partial charge is 0.422 e. The molecule has 1 atom stereocenters. The molecular weight excluding hydrogens is 198 g/mol. The number of nitrogens with two attached hydrogens (primary N) is 2. The SMILES string of the molecule is NNC(=O)OC(N)C(=O)c1ccccc1. The lowest BCUT2D eigenvalue weighted by Crippen LogP contribution is -2.41. The number of Topliss-reactive ketones (excluding diaryl/α,β-unsaturated/α-hetero) is 1. The summed E-state index contributed by atoms with van der Waals surface area (Å²) in [5.74, 6) is 4.28. The van der Waals surface area contributed by atoms with E-state index >= 15 is 0 Å². The van der Waals surface area contributed by atoms with Crippen LogP contribution >= 0.6 is 0 Å². The Bertz CT molecular complexity index is 353. The van der Waals surface area contributed by atoms with Crippen LogP contribution in [0.4, 0.5) is 4.79 Å². The molecule has 0 aromatic heterocycles. The minimum Gasteiger partial charge on any atom is -0.422 e. The van der Waals surface area contributed by atoms with Gasteiger partial charge in [0.25, 0.3) is 0 Å². The largest absolute Gasteiger partial charge is 0.423 e. The van der Waals surface area contributed by atoms with Gasteiger partial charge < -0.3 is 4.74 Å². The number of amides is 1. The van der Waals surface area contributed by atoms with Gasteiger partial charge in [0.2, 0.25) is 12.0 Å². The quantitative estimate of drug-likeness (QED) is 0.209. The van der Waals surface area contributed by atoms with Crippen LogP contribution in [0.3, 0.4) is 0 Å². The van der Waals surface area contributed by atoms with Crippen LogP contribution in [0, 0.1) is 0 Å². The third kappa shape index (κ3) is 3.04. The highest BCUT2D eigenvalue weighted by molar-refractivity contribution is 5.99. The first-order chi connectivity index (χ1) is 7.15. The van der Waals surface area contributed by atoms with Gasteiger partial charge in [-0.2, -0.15) is 0 Å². The summed E-state index contributed by atoms with van der Waals surface area (Å²) in [6.45, 7) is 0. The van der Waals surface area contributed by atoms with E-state index in [1.54, 1.807) is 35.8 Å². The van der Waals surface area contributed by atoms with Gasteiger partial charge in [-0.05, 0) is 0 Å². The van der Waals surface area contributed by atoms with Gasteiger partial charge in [-0.1, -0.05) is 30.3 Å². The lowest BCUT2D eigenvalue weighted by Gasteiger charge is -2.10. The molecule has 0 aliphatic carbocycles. The summed E-state index contributed by atoms with van der Waals surface area (Å²) >= 11 is 0. The molecule has 80 valence electrons. The molecule has 0 heterocycles. The third-order valence-corrected chi connectivity index (χ3v) is 1.67. The molecule has 5 N–H and O–H groups in total. The first-order valence-electron chi connectivity index (χ1n) is 4.17. The fraction of sp³-hybridized carbons (Fsp3) is 0.111. The zero-order valence-electron chi connectivity index (χ0n) is 7.84. The number of hydrazine groups is 1. The summed E-state index contributed by atoms with van der Waals surface area (Å²) in [4.78, 5) is 22.2. The first-order valence-corrected chi connectivity index (χ1v) is 4.17. The average molecular weight is 209 g/mol. The average Bonchev–Trinajstić information content (AvgIpc) is 2.29. The summed E-state index contributed by atoms with van der Waals surface area (Å²) < 4.78 is 4.47. The van der Waals surface area contributed by atoms with E-state index in [2.05, 4.69) is 4.74 Å². The predicted octanol–water partition coefficient (Wildman–Crippen LogP) is -0.246. The van der Waals surface area contributed by atoms with Crippen LogP contribution in [0.1, 0.15) is 10.4 Å². The molecule has 0 radical (unpaired) electrons. The van der Waals surface area contributed by atoms with Crippen molar-refractivity contribution in [3.8, 4) is 0 Å². The standard InChI is InChI=1S/C9H11N3O3/c10-8(15-9(14)12-11)7(13)6-4-2-1-3-5-6/h1-5,8H,10-11H2,(H,12,14). The second-order valence-electron chi connectivity index (χ2n) is 2.70. The summed E-state index contributed by atoms with van der Waals surface area (Å²) in [6, 6.07) is 8.28. The van der Waals surface area contributed by atoms with Crippen LogP contribution in [-0.2, 0) is 4.74 Å². The Hall–Kier alpha value is -1.92. The van der Waals surface area contributed by atoms with Crippen LogP contribution in [0.2, 0.25) is 0 Å². The highest BCUT2D eigenvalue weighted by Crippen LogP contribution is 2.02. The van der Waals surface area contributed by atoms with Crippen LogP contribution in [0.5, 0.6) is 0 Å². The Morgan fingerprint density at radius 1 is 1.27 bits per heavy atom. The van der Waals surface area contributed by atoms with Gasteiger partial charge in [-0.3, -0.25) is 16.0 Å². The number of hydrogen-bond acceptors (Lipinski definition) is 5. The van der Waals surface area contributed by atoms with Crippen LogP contribution in [0.25, 0.3) is 0 Å². The zero-order valence-corrected chi connectivity index (χ0v) is 7.84. The van der Waals surface area contributed by atoms with E-state index in [-0.39, 0.29) is 0 Å². The Morgan fingerprint density at radius 3 is 2.40 bits per heavy atom. The highest BCUT2D eigenvalue weighted by Gasteiger charge is 2.18. The Kier molecular flexibility index (Phi) is 3.78. The molecule has 1 rings (SSSR count). The summed E-state index contributed by atoms with van der Waals surface area (Å²) in [5, 5.41) is 0. The molecule has 1 amide bonds. The van der Waals surface area contributed by atoms with Crippen molar-refractivity contribution in [1.82, 2.24) is 5.43 Å². The zero-order chi connectivity index (χ0) is 11.3. The van der Waals surface area contributed by atoms with Gasteiger partial charge in [0.15, 0.2) is 0 Å². The minimum absolute atomic E-state index is 0.370. The van der Waals surface area contributed by atoms with Crippen LogP contribution < -0.4 is 17.0 Å². The highest BCUT2D eigenvalue weighted by atomic mass is 16.6. The lowest BCUT2D eigenvalue weighted by atomic mass is 10.1. The van der Waals surface area contributed by atoms with Crippen molar-refractivity contribution in [2.24, 2.45) is 11.6 Å².